The van der Waals surface area contributed by atoms with Gasteiger partial charge in [-0.3, -0.25) is 0 Å². The first-order chi connectivity index (χ1) is 7.29. The summed E-state index contributed by atoms with van der Waals surface area (Å²) in [6.45, 7) is 5.26. The van der Waals surface area contributed by atoms with Crippen molar-refractivity contribution in [1.82, 2.24) is 10.3 Å². The molecule has 0 spiro atoms. The maximum absolute atomic E-state index is 5.31. The molecular weight excluding hydrogens is 204 g/mol. The predicted molar refractivity (Wildman–Crippen MR) is 66.0 cm³/mol. The van der Waals surface area contributed by atoms with E-state index in [-0.39, 0.29) is 0 Å². The fourth-order valence-electron chi connectivity index (χ4n) is 1.52. The van der Waals surface area contributed by atoms with E-state index in [1.807, 2.05) is 5.51 Å². The highest BCUT2D eigenvalue weighted by atomic mass is 32.1. The average molecular weight is 222 g/mol. The molecule has 15 heavy (non-hydrogen) atoms. The van der Waals surface area contributed by atoms with Gasteiger partial charge in [-0.05, 0) is 26.3 Å². The summed E-state index contributed by atoms with van der Waals surface area (Å²) in [6.07, 6.45) is 8.27. The van der Waals surface area contributed by atoms with Gasteiger partial charge >= 0.3 is 0 Å². The second-order valence-corrected chi connectivity index (χ2v) is 4.44. The highest BCUT2D eigenvalue weighted by Gasteiger charge is 2.14. The molecule has 0 bridgehead atoms. The molecule has 3 heteroatoms. The van der Waals surface area contributed by atoms with Gasteiger partial charge in [0.2, 0.25) is 0 Å². The lowest BCUT2D eigenvalue weighted by Crippen LogP contribution is -2.21. The summed E-state index contributed by atoms with van der Waals surface area (Å²) < 4.78 is 0. The largest absolute Gasteiger partial charge is 0.309 e. The summed E-state index contributed by atoms with van der Waals surface area (Å²) >= 11 is 1.72. The summed E-state index contributed by atoms with van der Waals surface area (Å²) in [6, 6.07) is 0.383. The Kier molecular flexibility index (Phi) is 5.38. The second kappa shape index (κ2) is 6.60. The van der Waals surface area contributed by atoms with E-state index in [2.05, 4.69) is 30.1 Å². The van der Waals surface area contributed by atoms with Crippen LogP contribution < -0.4 is 5.32 Å². The molecule has 0 fully saturated rings. The maximum Gasteiger partial charge on any atom is 0.0798 e. The number of hydrogen-bond donors (Lipinski definition) is 1. The molecule has 1 atom stereocenters. The van der Waals surface area contributed by atoms with Crippen LogP contribution in [0, 0.1) is 19.3 Å². The highest BCUT2D eigenvalue weighted by molar-refractivity contribution is 7.09. The van der Waals surface area contributed by atoms with Crippen molar-refractivity contribution in [2.75, 3.05) is 6.54 Å². The molecule has 0 radical (unpaired) electrons. The average Bonchev–Trinajstić information content (AvgIpc) is 2.65. The number of nitrogens with zero attached hydrogens (tertiary/aromatic N) is 1. The van der Waals surface area contributed by atoms with Gasteiger partial charge in [0.05, 0.1) is 11.2 Å². The van der Waals surface area contributed by atoms with Crippen LogP contribution in [0.4, 0.5) is 0 Å². The Morgan fingerprint density at radius 2 is 2.47 bits per heavy atom. The second-order valence-electron chi connectivity index (χ2n) is 3.55. The van der Waals surface area contributed by atoms with Crippen molar-refractivity contribution in [1.29, 1.82) is 0 Å². The number of thiazole rings is 1. The Morgan fingerprint density at radius 1 is 1.67 bits per heavy atom. The summed E-state index contributed by atoms with van der Waals surface area (Å²) in [5, 5.41) is 3.52. The number of aromatic nitrogens is 1. The Hall–Kier alpha value is -0.850. The van der Waals surface area contributed by atoms with Crippen LogP contribution in [0.5, 0.6) is 0 Å². The van der Waals surface area contributed by atoms with Crippen LogP contribution >= 0.6 is 11.3 Å². The van der Waals surface area contributed by atoms with Crippen molar-refractivity contribution in [3.63, 3.8) is 0 Å². The Labute approximate surface area is 96.1 Å². The van der Waals surface area contributed by atoms with Gasteiger partial charge in [-0.15, -0.1) is 23.7 Å². The first kappa shape index (κ1) is 12.2. The van der Waals surface area contributed by atoms with Crippen LogP contribution in [0.3, 0.4) is 0 Å². The van der Waals surface area contributed by atoms with Gasteiger partial charge in [-0.25, -0.2) is 4.98 Å². The van der Waals surface area contributed by atoms with Gasteiger partial charge in [0.25, 0.3) is 0 Å². The van der Waals surface area contributed by atoms with Gasteiger partial charge < -0.3 is 5.32 Å². The molecule has 0 aliphatic carbocycles. The molecule has 1 aromatic rings. The predicted octanol–water partition coefficient (Wildman–Crippen LogP) is 2.91. The smallest absolute Gasteiger partial charge is 0.0798 e. The van der Waals surface area contributed by atoms with E-state index in [9.17, 15) is 0 Å². The third-order valence-electron chi connectivity index (χ3n) is 2.32. The third kappa shape index (κ3) is 3.65. The zero-order valence-electron chi connectivity index (χ0n) is 9.42. The van der Waals surface area contributed by atoms with E-state index >= 15 is 0 Å². The van der Waals surface area contributed by atoms with Gasteiger partial charge in [-0.1, -0.05) is 6.92 Å². The van der Waals surface area contributed by atoms with Crippen LogP contribution in [0.2, 0.25) is 0 Å². The first-order valence-corrected chi connectivity index (χ1v) is 6.24. The molecule has 1 aromatic heterocycles. The normalized spacial score (nSPS) is 12.3. The minimum absolute atomic E-state index is 0.383. The molecule has 1 heterocycles. The van der Waals surface area contributed by atoms with Crippen molar-refractivity contribution in [2.24, 2.45) is 0 Å². The van der Waals surface area contributed by atoms with Crippen molar-refractivity contribution < 1.29 is 0 Å². The highest BCUT2D eigenvalue weighted by Crippen LogP contribution is 2.25. The fraction of sp³-hybridized carbons (Fsp3) is 0.583. The molecule has 82 valence electrons. The van der Waals surface area contributed by atoms with E-state index in [1.54, 1.807) is 11.3 Å². The molecule has 0 saturated carbocycles. The van der Waals surface area contributed by atoms with Crippen LogP contribution in [-0.2, 0) is 0 Å². The Morgan fingerprint density at radius 3 is 3.00 bits per heavy atom. The molecular formula is C12H18N2S. The summed E-state index contributed by atoms with van der Waals surface area (Å²) in [4.78, 5) is 5.61. The van der Waals surface area contributed by atoms with Crippen molar-refractivity contribution in [3.8, 4) is 12.3 Å². The number of rotatable bonds is 6. The maximum atomic E-state index is 5.31. The molecule has 1 rings (SSSR count). The number of nitrogens with one attached hydrogen (secondary N) is 1. The lowest BCUT2D eigenvalue weighted by molar-refractivity contribution is 0.510. The monoisotopic (exact) mass is 222 g/mol. The van der Waals surface area contributed by atoms with E-state index in [0.717, 1.165) is 31.5 Å². The van der Waals surface area contributed by atoms with Crippen LogP contribution in [0.1, 0.15) is 42.8 Å². The minimum atomic E-state index is 0.383. The zero-order chi connectivity index (χ0) is 11.1. The first-order valence-electron chi connectivity index (χ1n) is 5.36. The van der Waals surface area contributed by atoms with E-state index in [1.165, 1.54) is 4.88 Å². The number of terminal acetylenes is 1. The summed E-state index contributed by atoms with van der Waals surface area (Å²) in [5.41, 5.74) is 3.03. The van der Waals surface area contributed by atoms with Crippen LogP contribution in [0.25, 0.3) is 0 Å². The quantitative estimate of drug-likeness (QED) is 0.749. The third-order valence-corrected chi connectivity index (χ3v) is 3.36. The molecule has 0 aliphatic heterocycles. The van der Waals surface area contributed by atoms with E-state index < -0.39 is 0 Å². The molecule has 2 nitrogen and oxygen atoms in total. The standard InChI is InChI=1S/C12H18N2S/c1-4-6-7-11(13-8-5-2)12-10(3)14-9-15-12/h1,9,11,13H,5-8H2,2-3H3. The zero-order valence-corrected chi connectivity index (χ0v) is 10.2. The molecule has 0 amide bonds. The molecule has 0 aliphatic rings. The molecule has 0 saturated heterocycles. The SMILES string of the molecule is C#CCCC(NCCC)c1scnc1C. The lowest BCUT2D eigenvalue weighted by Gasteiger charge is -2.16. The fourth-order valence-corrected chi connectivity index (χ4v) is 2.43. The van der Waals surface area contributed by atoms with Crippen LogP contribution in [0.15, 0.2) is 5.51 Å². The number of aryl methyl sites for hydroxylation is 1. The van der Waals surface area contributed by atoms with Crippen LogP contribution in [-0.4, -0.2) is 11.5 Å². The number of hydrogen-bond acceptors (Lipinski definition) is 3. The van der Waals surface area contributed by atoms with Crippen molar-refractivity contribution >= 4 is 11.3 Å². The summed E-state index contributed by atoms with van der Waals surface area (Å²) in [7, 11) is 0. The van der Waals surface area contributed by atoms with Gasteiger partial charge in [-0.2, -0.15) is 0 Å². The van der Waals surface area contributed by atoms with Gasteiger partial charge in [0.1, 0.15) is 0 Å². The van der Waals surface area contributed by atoms with E-state index in [0.29, 0.717) is 6.04 Å². The Bertz CT molecular complexity index is 325. The summed E-state index contributed by atoms with van der Waals surface area (Å²) in [5.74, 6) is 2.70. The molecule has 0 aromatic carbocycles. The lowest BCUT2D eigenvalue weighted by atomic mass is 10.1. The minimum Gasteiger partial charge on any atom is -0.309 e. The van der Waals surface area contributed by atoms with E-state index in [4.69, 9.17) is 6.42 Å². The van der Waals surface area contributed by atoms with Gasteiger partial charge in [0.15, 0.2) is 0 Å². The molecule has 1 unspecified atom stereocenters. The Balaban J connectivity index is 2.63. The van der Waals surface area contributed by atoms with Crippen molar-refractivity contribution in [2.45, 2.75) is 39.2 Å². The topological polar surface area (TPSA) is 24.9 Å². The molecule has 1 N–H and O–H groups in total. The van der Waals surface area contributed by atoms with Crippen molar-refractivity contribution in [3.05, 3.63) is 16.1 Å². The van der Waals surface area contributed by atoms with Gasteiger partial charge in [0, 0.05) is 17.3 Å².